The first-order chi connectivity index (χ1) is 15.5. The van der Waals surface area contributed by atoms with E-state index >= 15 is 0 Å². The first kappa shape index (κ1) is 21.5. The van der Waals surface area contributed by atoms with Gasteiger partial charge in [0, 0.05) is 23.2 Å². The van der Waals surface area contributed by atoms with Crippen LogP contribution in [0.15, 0.2) is 60.7 Å². The van der Waals surface area contributed by atoms with Crippen LogP contribution in [0.5, 0.6) is 0 Å². The highest BCUT2D eigenvalue weighted by atomic mass is 32.1. The summed E-state index contributed by atoms with van der Waals surface area (Å²) in [6, 6.07) is 16.9. The lowest BCUT2D eigenvalue weighted by molar-refractivity contribution is -0.117. The van der Waals surface area contributed by atoms with Gasteiger partial charge in [0.05, 0.1) is 5.69 Å². The average Bonchev–Trinajstić information content (AvgIpc) is 3.54. The molecule has 1 aromatic heterocycles. The number of rotatable bonds is 6. The van der Waals surface area contributed by atoms with Crippen molar-refractivity contribution in [2.75, 3.05) is 0 Å². The molecule has 1 aliphatic rings. The van der Waals surface area contributed by atoms with Gasteiger partial charge in [-0.05, 0) is 43.5 Å². The molecule has 0 radical (unpaired) electrons. The highest BCUT2D eigenvalue weighted by Crippen LogP contribution is 2.27. The smallest absolute Gasteiger partial charge is 0.281 e. The SMILES string of the molecule is Cc1nc(-c2ccccc2)sc1C(=O)NNC(=O)/C=C/c1ccc(C(=O)NC2CC2)cc1. The van der Waals surface area contributed by atoms with Gasteiger partial charge in [0.2, 0.25) is 0 Å². The van der Waals surface area contributed by atoms with E-state index in [1.807, 2.05) is 30.3 Å². The number of aromatic nitrogens is 1. The molecule has 7 nitrogen and oxygen atoms in total. The zero-order chi connectivity index (χ0) is 22.5. The Kier molecular flexibility index (Phi) is 6.42. The van der Waals surface area contributed by atoms with Gasteiger partial charge in [0.15, 0.2) is 0 Å². The van der Waals surface area contributed by atoms with E-state index in [1.54, 1.807) is 37.3 Å². The van der Waals surface area contributed by atoms with Crippen molar-refractivity contribution >= 4 is 35.1 Å². The Labute approximate surface area is 189 Å². The van der Waals surface area contributed by atoms with Gasteiger partial charge in [0.25, 0.3) is 17.7 Å². The van der Waals surface area contributed by atoms with E-state index in [0.717, 1.165) is 29.0 Å². The molecule has 0 atom stereocenters. The summed E-state index contributed by atoms with van der Waals surface area (Å²) in [7, 11) is 0. The fraction of sp³-hybridized carbons (Fsp3) is 0.167. The third kappa shape index (κ3) is 5.47. The zero-order valence-corrected chi connectivity index (χ0v) is 18.2. The van der Waals surface area contributed by atoms with Crippen molar-refractivity contribution in [1.29, 1.82) is 0 Å². The van der Waals surface area contributed by atoms with E-state index in [2.05, 4.69) is 21.2 Å². The molecule has 4 rings (SSSR count). The molecule has 0 aliphatic heterocycles. The van der Waals surface area contributed by atoms with Crippen molar-refractivity contribution < 1.29 is 14.4 Å². The minimum absolute atomic E-state index is 0.0859. The van der Waals surface area contributed by atoms with Crippen LogP contribution < -0.4 is 16.2 Å². The molecule has 8 heteroatoms. The standard InChI is InChI=1S/C24H22N4O3S/c1-15-21(32-24(25-15)18-5-3-2-4-6-18)23(31)28-27-20(29)14-9-16-7-10-17(11-8-16)22(30)26-19-12-13-19/h2-11,14,19H,12-13H2,1H3,(H,26,30)(H,27,29)(H,28,31)/b14-9+. The molecule has 1 fully saturated rings. The number of benzene rings is 2. The van der Waals surface area contributed by atoms with Gasteiger partial charge in [0.1, 0.15) is 9.88 Å². The molecule has 2 aromatic carbocycles. The van der Waals surface area contributed by atoms with Crippen LogP contribution >= 0.6 is 11.3 Å². The Morgan fingerprint density at radius 3 is 2.38 bits per heavy atom. The van der Waals surface area contributed by atoms with Crippen molar-refractivity contribution in [2.45, 2.75) is 25.8 Å². The van der Waals surface area contributed by atoms with Gasteiger partial charge in [-0.1, -0.05) is 42.5 Å². The summed E-state index contributed by atoms with van der Waals surface area (Å²) in [5, 5.41) is 3.67. The van der Waals surface area contributed by atoms with E-state index in [-0.39, 0.29) is 5.91 Å². The molecule has 0 saturated heterocycles. The van der Waals surface area contributed by atoms with E-state index in [9.17, 15) is 14.4 Å². The number of hydrogen-bond donors (Lipinski definition) is 3. The molecular formula is C24H22N4O3S. The van der Waals surface area contributed by atoms with Crippen molar-refractivity contribution in [3.8, 4) is 10.6 Å². The predicted molar refractivity (Wildman–Crippen MR) is 124 cm³/mol. The van der Waals surface area contributed by atoms with Crippen LogP contribution in [0.4, 0.5) is 0 Å². The molecule has 32 heavy (non-hydrogen) atoms. The first-order valence-corrected chi connectivity index (χ1v) is 11.0. The number of hydrazine groups is 1. The van der Waals surface area contributed by atoms with Crippen molar-refractivity contribution in [1.82, 2.24) is 21.2 Å². The van der Waals surface area contributed by atoms with Gasteiger partial charge in [-0.25, -0.2) is 4.98 Å². The van der Waals surface area contributed by atoms with Crippen LogP contribution in [0.25, 0.3) is 16.6 Å². The lowest BCUT2D eigenvalue weighted by Crippen LogP contribution is -2.40. The lowest BCUT2D eigenvalue weighted by Gasteiger charge is -2.04. The molecule has 1 aliphatic carbocycles. The van der Waals surface area contributed by atoms with Crippen molar-refractivity contribution in [3.63, 3.8) is 0 Å². The second-order valence-corrected chi connectivity index (χ2v) is 8.45. The number of aryl methyl sites for hydroxylation is 1. The highest BCUT2D eigenvalue weighted by Gasteiger charge is 2.23. The molecule has 1 saturated carbocycles. The van der Waals surface area contributed by atoms with Crippen molar-refractivity contribution in [2.24, 2.45) is 0 Å². The number of amides is 3. The van der Waals surface area contributed by atoms with Crippen LogP contribution in [-0.4, -0.2) is 28.7 Å². The van der Waals surface area contributed by atoms with Crippen LogP contribution in [0, 0.1) is 6.92 Å². The summed E-state index contributed by atoms with van der Waals surface area (Å²) >= 11 is 1.27. The minimum Gasteiger partial charge on any atom is -0.349 e. The Morgan fingerprint density at radius 1 is 0.969 bits per heavy atom. The van der Waals surface area contributed by atoms with Crippen LogP contribution in [0.3, 0.4) is 0 Å². The summed E-state index contributed by atoms with van der Waals surface area (Å²) < 4.78 is 0. The average molecular weight is 447 g/mol. The van der Waals surface area contributed by atoms with Gasteiger partial charge in [-0.3, -0.25) is 25.2 Å². The molecule has 162 valence electrons. The molecular weight excluding hydrogens is 424 g/mol. The summed E-state index contributed by atoms with van der Waals surface area (Å²) in [6.45, 7) is 1.76. The summed E-state index contributed by atoms with van der Waals surface area (Å²) in [5.74, 6) is -0.980. The third-order valence-electron chi connectivity index (χ3n) is 4.84. The summed E-state index contributed by atoms with van der Waals surface area (Å²) in [5.41, 5.74) is 7.67. The van der Waals surface area contributed by atoms with E-state index in [4.69, 9.17) is 0 Å². The molecule has 0 bridgehead atoms. The lowest BCUT2D eigenvalue weighted by atomic mass is 10.1. The number of nitrogens with zero attached hydrogens (tertiary/aromatic N) is 1. The zero-order valence-electron chi connectivity index (χ0n) is 17.4. The van der Waals surface area contributed by atoms with Crippen molar-refractivity contribution in [3.05, 3.63) is 82.4 Å². The second kappa shape index (κ2) is 9.57. The van der Waals surface area contributed by atoms with Gasteiger partial charge >= 0.3 is 0 Å². The number of carbonyl (C=O) groups excluding carboxylic acids is 3. The molecule has 1 heterocycles. The van der Waals surface area contributed by atoms with Gasteiger partial charge in [-0.2, -0.15) is 0 Å². The maximum Gasteiger partial charge on any atom is 0.281 e. The topological polar surface area (TPSA) is 100 Å². The number of carbonyl (C=O) groups is 3. The Bertz CT molecular complexity index is 1170. The largest absolute Gasteiger partial charge is 0.349 e. The van der Waals surface area contributed by atoms with Crippen LogP contribution in [0.2, 0.25) is 0 Å². The van der Waals surface area contributed by atoms with E-state index in [0.29, 0.717) is 22.2 Å². The fourth-order valence-electron chi connectivity index (χ4n) is 2.94. The predicted octanol–water partition coefficient (Wildman–Crippen LogP) is 3.49. The molecule has 3 amide bonds. The van der Waals surface area contributed by atoms with Crippen LogP contribution in [0.1, 0.15) is 44.1 Å². The number of nitrogens with one attached hydrogen (secondary N) is 3. The van der Waals surface area contributed by atoms with Crippen LogP contribution in [-0.2, 0) is 4.79 Å². The normalized spacial score (nSPS) is 13.0. The maximum absolute atomic E-state index is 12.5. The van der Waals surface area contributed by atoms with E-state index < -0.39 is 11.8 Å². The summed E-state index contributed by atoms with van der Waals surface area (Å²) in [4.78, 5) is 41.4. The minimum atomic E-state index is -0.473. The second-order valence-electron chi connectivity index (χ2n) is 7.45. The fourth-order valence-corrected chi connectivity index (χ4v) is 3.91. The number of thiazole rings is 1. The van der Waals surface area contributed by atoms with E-state index in [1.165, 1.54) is 17.4 Å². The Morgan fingerprint density at radius 2 is 1.69 bits per heavy atom. The molecule has 3 N–H and O–H groups in total. The Balaban J connectivity index is 1.30. The summed E-state index contributed by atoms with van der Waals surface area (Å²) in [6.07, 6.45) is 4.99. The number of hydrogen-bond acceptors (Lipinski definition) is 5. The Hall–Kier alpha value is -3.78. The highest BCUT2D eigenvalue weighted by molar-refractivity contribution is 7.17. The maximum atomic E-state index is 12.5. The quantitative estimate of drug-likeness (QED) is 0.399. The third-order valence-corrected chi connectivity index (χ3v) is 6.04. The molecule has 0 spiro atoms. The monoisotopic (exact) mass is 446 g/mol. The van der Waals surface area contributed by atoms with Gasteiger partial charge < -0.3 is 5.32 Å². The molecule has 0 unspecified atom stereocenters. The molecule has 3 aromatic rings. The first-order valence-electron chi connectivity index (χ1n) is 10.2. The van der Waals surface area contributed by atoms with Gasteiger partial charge in [-0.15, -0.1) is 11.3 Å².